The van der Waals surface area contributed by atoms with Crippen LogP contribution in [0.3, 0.4) is 0 Å². The van der Waals surface area contributed by atoms with Gasteiger partial charge in [0.2, 0.25) is 0 Å². The fourth-order valence-corrected chi connectivity index (χ4v) is 4.20. The number of furan rings is 1. The second-order valence-corrected chi connectivity index (χ2v) is 6.91. The number of carbonyl (C=O) groups excluding carboxylic acids is 1. The Morgan fingerprint density at radius 1 is 1.15 bits per heavy atom. The monoisotopic (exact) mass is 367 g/mol. The highest BCUT2D eigenvalue weighted by Crippen LogP contribution is 2.43. The molecule has 0 amide bonds. The first-order valence-corrected chi connectivity index (χ1v) is 9.96. The molecule has 27 heavy (non-hydrogen) atoms. The Morgan fingerprint density at radius 3 is 2.52 bits per heavy atom. The van der Waals surface area contributed by atoms with Gasteiger partial charge in [-0.25, -0.2) is 4.79 Å². The predicted molar refractivity (Wildman–Crippen MR) is 109 cm³/mol. The predicted octanol–water partition coefficient (Wildman–Crippen LogP) is 6.60. The Balaban J connectivity index is 0.00000102. The maximum Gasteiger partial charge on any atom is 0.338 e. The zero-order valence-electron chi connectivity index (χ0n) is 16.7. The lowest BCUT2D eigenvalue weighted by Crippen LogP contribution is -2.06. The Hall–Kier alpha value is -2.49. The van der Waals surface area contributed by atoms with Crippen LogP contribution in [0.2, 0.25) is 0 Å². The van der Waals surface area contributed by atoms with Gasteiger partial charge in [-0.1, -0.05) is 39.2 Å². The summed E-state index contributed by atoms with van der Waals surface area (Å²) in [6.07, 6.45) is 9.81. The minimum Gasteiger partial charge on any atom is -0.472 e. The van der Waals surface area contributed by atoms with Gasteiger partial charge in [0.15, 0.2) is 0 Å². The highest BCUT2D eigenvalue weighted by molar-refractivity contribution is 6.00. The van der Waals surface area contributed by atoms with E-state index in [0.29, 0.717) is 11.5 Å². The van der Waals surface area contributed by atoms with E-state index in [1.807, 2.05) is 32.9 Å². The van der Waals surface area contributed by atoms with E-state index in [1.165, 1.54) is 50.2 Å². The third kappa shape index (κ3) is 3.53. The van der Waals surface area contributed by atoms with Crippen molar-refractivity contribution in [1.29, 1.82) is 0 Å². The smallest absolute Gasteiger partial charge is 0.338 e. The molecule has 1 fully saturated rings. The minimum absolute atomic E-state index is 0.293. The highest BCUT2D eigenvalue weighted by Gasteiger charge is 2.25. The summed E-state index contributed by atoms with van der Waals surface area (Å²) >= 11 is 0. The fraction of sp³-hybridized carbons (Fsp3) is 0.435. The Labute approximate surface area is 160 Å². The van der Waals surface area contributed by atoms with Crippen LogP contribution in [-0.4, -0.2) is 18.1 Å². The van der Waals surface area contributed by atoms with Crippen molar-refractivity contribution in [2.75, 3.05) is 7.11 Å². The summed E-state index contributed by atoms with van der Waals surface area (Å²) in [7, 11) is 1.42. The SMILES string of the molecule is CC.COC(=O)c1ccc2c(C3CCCCC3)c(-c3ccoc3)[nH]c2c1C. The molecule has 0 aliphatic heterocycles. The number of methoxy groups -OCH3 is 1. The quantitative estimate of drug-likeness (QED) is 0.531. The molecule has 4 heteroatoms. The maximum atomic E-state index is 12.0. The maximum absolute atomic E-state index is 12.0. The van der Waals surface area contributed by atoms with Crippen molar-refractivity contribution in [2.24, 2.45) is 0 Å². The molecule has 0 radical (unpaired) electrons. The molecular formula is C23H29NO3. The van der Waals surface area contributed by atoms with Crippen molar-refractivity contribution in [3.05, 3.63) is 47.4 Å². The van der Waals surface area contributed by atoms with Crippen LogP contribution in [0.1, 0.15) is 73.4 Å². The molecule has 0 bridgehead atoms. The molecule has 1 aromatic carbocycles. The summed E-state index contributed by atoms with van der Waals surface area (Å²) in [5.74, 6) is 0.258. The number of aryl methyl sites for hydroxylation is 1. The van der Waals surface area contributed by atoms with Gasteiger partial charge in [-0.2, -0.15) is 0 Å². The second-order valence-electron chi connectivity index (χ2n) is 6.91. The number of hydrogen-bond acceptors (Lipinski definition) is 3. The summed E-state index contributed by atoms with van der Waals surface area (Å²) in [6, 6.07) is 5.95. The molecule has 3 aromatic rings. The van der Waals surface area contributed by atoms with Crippen molar-refractivity contribution in [3.63, 3.8) is 0 Å². The van der Waals surface area contributed by atoms with Crippen LogP contribution < -0.4 is 0 Å². The number of aromatic nitrogens is 1. The van der Waals surface area contributed by atoms with Gasteiger partial charge < -0.3 is 14.1 Å². The van der Waals surface area contributed by atoms with E-state index in [2.05, 4.69) is 11.1 Å². The molecule has 0 saturated heterocycles. The largest absolute Gasteiger partial charge is 0.472 e. The van der Waals surface area contributed by atoms with Crippen molar-refractivity contribution >= 4 is 16.9 Å². The molecule has 0 spiro atoms. The van der Waals surface area contributed by atoms with Crippen LogP contribution in [-0.2, 0) is 4.74 Å². The summed E-state index contributed by atoms with van der Waals surface area (Å²) in [5, 5.41) is 1.22. The third-order valence-corrected chi connectivity index (χ3v) is 5.50. The van der Waals surface area contributed by atoms with Crippen LogP contribution in [0.15, 0.2) is 35.1 Å². The molecule has 2 aromatic heterocycles. The topological polar surface area (TPSA) is 55.2 Å². The summed E-state index contributed by atoms with van der Waals surface area (Å²) in [4.78, 5) is 15.6. The van der Waals surface area contributed by atoms with E-state index in [1.54, 1.807) is 12.5 Å². The Morgan fingerprint density at radius 2 is 1.89 bits per heavy atom. The normalized spacial score (nSPS) is 14.7. The zero-order chi connectivity index (χ0) is 19.4. The number of fused-ring (bicyclic) bond motifs is 1. The van der Waals surface area contributed by atoms with Gasteiger partial charge in [-0.15, -0.1) is 0 Å². The van der Waals surface area contributed by atoms with Gasteiger partial charge in [0.05, 0.1) is 30.9 Å². The number of H-pyrrole nitrogens is 1. The number of rotatable bonds is 3. The lowest BCUT2D eigenvalue weighted by Gasteiger charge is -2.22. The van der Waals surface area contributed by atoms with E-state index in [4.69, 9.17) is 9.15 Å². The molecule has 1 aliphatic carbocycles. The number of carbonyl (C=O) groups is 1. The van der Waals surface area contributed by atoms with Gasteiger partial charge in [-0.05, 0) is 48.9 Å². The van der Waals surface area contributed by atoms with E-state index < -0.39 is 0 Å². The molecule has 0 unspecified atom stereocenters. The fourth-order valence-electron chi connectivity index (χ4n) is 4.20. The number of benzene rings is 1. The first-order chi connectivity index (χ1) is 13.2. The Bertz CT molecular complexity index is 899. The van der Waals surface area contributed by atoms with Crippen molar-refractivity contribution in [1.82, 2.24) is 4.98 Å². The summed E-state index contributed by atoms with van der Waals surface area (Å²) < 4.78 is 10.2. The van der Waals surface area contributed by atoms with E-state index in [-0.39, 0.29) is 5.97 Å². The lowest BCUT2D eigenvalue weighted by molar-refractivity contribution is 0.0600. The van der Waals surface area contributed by atoms with Crippen molar-refractivity contribution in [3.8, 4) is 11.3 Å². The van der Waals surface area contributed by atoms with Crippen molar-refractivity contribution in [2.45, 2.75) is 58.8 Å². The number of aromatic amines is 1. The highest BCUT2D eigenvalue weighted by atomic mass is 16.5. The first kappa shape index (κ1) is 19.3. The second kappa shape index (κ2) is 8.47. The van der Waals surface area contributed by atoms with Gasteiger partial charge in [0, 0.05) is 16.5 Å². The Kier molecular flexibility index (Phi) is 6.04. The molecule has 4 nitrogen and oxygen atoms in total. The zero-order valence-corrected chi connectivity index (χ0v) is 16.7. The molecule has 1 N–H and O–H groups in total. The number of ether oxygens (including phenoxy) is 1. The average Bonchev–Trinajstić information content (AvgIpc) is 3.38. The molecule has 4 rings (SSSR count). The lowest BCUT2D eigenvalue weighted by atomic mass is 9.82. The van der Waals surface area contributed by atoms with Crippen LogP contribution in [0, 0.1) is 6.92 Å². The van der Waals surface area contributed by atoms with Crippen LogP contribution in [0.25, 0.3) is 22.2 Å². The summed E-state index contributed by atoms with van der Waals surface area (Å²) in [6.45, 7) is 5.98. The molecule has 2 heterocycles. The minimum atomic E-state index is -0.293. The van der Waals surface area contributed by atoms with Crippen molar-refractivity contribution < 1.29 is 13.9 Å². The van der Waals surface area contributed by atoms with Gasteiger partial charge in [-0.3, -0.25) is 0 Å². The first-order valence-electron chi connectivity index (χ1n) is 9.96. The van der Waals surface area contributed by atoms with Gasteiger partial charge in [0.1, 0.15) is 0 Å². The van der Waals surface area contributed by atoms with Crippen LogP contribution >= 0.6 is 0 Å². The standard InChI is InChI=1S/C21H23NO3.C2H6/c1-13-16(21(23)24-2)8-9-17-18(14-6-4-3-5-7-14)20(22-19(13)17)15-10-11-25-12-15;1-2/h8-12,14,22H,3-7H2,1-2H3;1-2H3. The molecule has 1 aliphatic rings. The molecular weight excluding hydrogens is 338 g/mol. The van der Waals surface area contributed by atoms with Crippen LogP contribution in [0.5, 0.6) is 0 Å². The van der Waals surface area contributed by atoms with E-state index in [0.717, 1.165) is 22.3 Å². The molecule has 0 atom stereocenters. The average molecular weight is 367 g/mol. The van der Waals surface area contributed by atoms with E-state index >= 15 is 0 Å². The number of hydrogen-bond donors (Lipinski definition) is 1. The number of nitrogens with one attached hydrogen (secondary N) is 1. The van der Waals surface area contributed by atoms with Gasteiger partial charge >= 0.3 is 5.97 Å². The number of esters is 1. The third-order valence-electron chi connectivity index (χ3n) is 5.50. The molecule has 144 valence electrons. The van der Waals surface area contributed by atoms with Crippen LogP contribution in [0.4, 0.5) is 0 Å². The summed E-state index contributed by atoms with van der Waals surface area (Å²) in [5.41, 5.74) is 6.15. The van der Waals surface area contributed by atoms with Gasteiger partial charge in [0.25, 0.3) is 0 Å². The van der Waals surface area contributed by atoms with E-state index in [9.17, 15) is 4.79 Å². The molecule has 1 saturated carbocycles.